The van der Waals surface area contributed by atoms with E-state index in [0.29, 0.717) is 0 Å². The predicted molar refractivity (Wildman–Crippen MR) is 61.9 cm³/mol. The van der Waals surface area contributed by atoms with Crippen LogP contribution in [-0.2, 0) is 14.3 Å². The lowest BCUT2D eigenvalue weighted by molar-refractivity contribution is -0.266. The topological polar surface area (TPSA) is 116 Å². The van der Waals surface area contributed by atoms with Crippen molar-refractivity contribution >= 4 is 5.97 Å². The first-order valence-corrected chi connectivity index (χ1v) is 5.61. The smallest absolute Gasteiger partial charge is 0.335 e. The van der Waals surface area contributed by atoms with Gasteiger partial charge in [-0.25, -0.2) is 4.79 Å². The summed E-state index contributed by atoms with van der Waals surface area (Å²) in [5.74, 6) is -1.38. The number of hydrogen-bond donors (Lipinski definition) is 4. The maximum Gasteiger partial charge on any atom is 0.335 e. The second-order valence-corrected chi connectivity index (χ2v) is 4.98. The van der Waals surface area contributed by atoms with Gasteiger partial charge in [0.2, 0.25) is 0 Å². The first kappa shape index (κ1) is 17.3. The van der Waals surface area contributed by atoms with E-state index in [-0.39, 0.29) is 0 Å². The number of carboxylic acid groups (broad SMARTS) is 1. The Balaban J connectivity index is 4.81. The van der Waals surface area contributed by atoms with Crippen LogP contribution in [0.15, 0.2) is 0 Å². The fourth-order valence-electron chi connectivity index (χ4n) is 1.15. The monoisotopic (exact) mass is 266 g/mol. The Bertz CT molecular complexity index is 259. The summed E-state index contributed by atoms with van der Waals surface area (Å²) in [6, 6.07) is 0. The second kappa shape index (κ2) is 7.01. The van der Waals surface area contributed by atoms with Crippen molar-refractivity contribution in [2.75, 3.05) is 6.61 Å². The lowest BCUT2D eigenvalue weighted by Crippen LogP contribution is -2.46. The predicted octanol–water partition coefficient (Wildman–Crippen LogP) is -0.669. The van der Waals surface area contributed by atoms with Gasteiger partial charge in [-0.15, -0.1) is 0 Å². The molecule has 0 fully saturated rings. The minimum absolute atomic E-state index is 0.646. The van der Waals surface area contributed by atoms with Crippen molar-refractivity contribution < 1.29 is 34.7 Å². The molecule has 0 heterocycles. The number of carbonyl (C=O) groups is 1. The van der Waals surface area contributed by atoms with Crippen LogP contribution < -0.4 is 0 Å². The molecule has 0 aliphatic carbocycles. The highest BCUT2D eigenvalue weighted by Crippen LogP contribution is 2.17. The highest BCUT2D eigenvalue weighted by atomic mass is 16.7. The van der Waals surface area contributed by atoms with Crippen molar-refractivity contribution in [2.24, 2.45) is 0 Å². The van der Waals surface area contributed by atoms with E-state index in [1.807, 2.05) is 0 Å². The maximum atomic E-state index is 10.9. The van der Waals surface area contributed by atoms with E-state index in [1.54, 1.807) is 20.8 Å². The Hall–Kier alpha value is -0.730. The molecule has 0 rings (SSSR count). The fraction of sp³-hybridized carbons (Fsp3) is 0.909. The van der Waals surface area contributed by atoms with Crippen molar-refractivity contribution in [3.63, 3.8) is 0 Å². The van der Waals surface area contributed by atoms with Gasteiger partial charge in [-0.2, -0.15) is 0 Å². The van der Waals surface area contributed by atoms with E-state index in [9.17, 15) is 15.0 Å². The molecule has 7 heteroatoms. The maximum absolute atomic E-state index is 10.9. The zero-order valence-electron chi connectivity index (χ0n) is 11.0. The summed E-state index contributed by atoms with van der Waals surface area (Å²) in [5.41, 5.74) is -0.706. The Labute approximate surface area is 106 Å². The molecule has 0 spiro atoms. The third-order valence-electron chi connectivity index (χ3n) is 1.93. The molecule has 108 valence electrons. The van der Waals surface area contributed by atoms with Gasteiger partial charge in [0.1, 0.15) is 6.10 Å². The number of carboxylic acids is 1. The zero-order chi connectivity index (χ0) is 14.5. The third kappa shape index (κ3) is 6.27. The van der Waals surface area contributed by atoms with Crippen LogP contribution in [-0.4, -0.2) is 63.2 Å². The molecule has 0 saturated heterocycles. The van der Waals surface area contributed by atoms with Crippen LogP contribution in [0.1, 0.15) is 27.7 Å². The highest BCUT2D eigenvalue weighted by Gasteiger charge is 2.33. The quantitative estimate of drug-likeness (QED) is 0.451. The van der Waals surface area contributed by atoms with E-state index in [1.165, 1.54) is 6.92 Å². The summed E-state index contributed by atoms with van der Waals surface area (Å²) >= 11 is 0. The fourth-order valence-corrected chi connectivity index (χ4v) is 1.15. The molecule has 0 aromatic rings. The zero-order valence-corrected chi connectivity index (χ0v) is 11.0. The first-order valence-electron chi connectivity index (χ1n) is 5.61. The molecular formula is C11H22O7. The first-order chi connectivity index (χ1) is 8.08. The van der Waals surface area contributed by atoms with E-state index in [0.717, 1.165) is 0 Å². The van der Waals surface area contributed by atoms with Crippen molar-refractivity contribution in [1.82, 2.24) is 0 Å². The molecule has 18 heavy (non-hydrogen) atoms. The van der Waals surface area contributed by atoms with Crippen LogP contribution in [0.2, 0.25) is 0 Å². The van der Waals surface area contributed by atoms with Gasteiger partial charge in [0.25, 0.3) is 0 Å². The summed E-state index contributed by atoms with van der Waals surface area (Å²) in [5, 5.41) is 36.5. The molecule has 0 radical (unpaired) electrons. The van der Waals surface area contributed by atoms with E-state index in [2.05, 4.69) is 0 Å². The van der Waals surface area contributed by atoms with Gasteiger partial charge in [-0.05, 0) is 27.7 Å². The number of rotatable bonds is 7. The number of aliphatic carboxylic acids is 1. The van der Waals surface area contributed by atoms with Crippen molar-refractivity contribution in [1.29, 1.82) is 0 Å². The van der Waals surface area contributed by atoms with Crippen LogP contribution in [0.3, 0.4) is 0 Å². The number of aliphatic hydroxyl groups excluding tert-OH is 3. The van der Waals surface area contributed by atoms with Crippen molar-refractivity contribution in [3.05, 3.63) is 0 Å². The Kier molecular flexibility index (Phi) is 6.72. The number of hydrogen-bond acceptors (Lipinski definition) is 6. The molecule has 4 N–H and O–H groups in total. The van der Waals surface area contributed by atoms with Gasteiger partial charge in [0.15, 0.2) is 12.4 Å². The summed E-state index contributed by atoms with van der Waals surface area (Å²) in [4.78, 5) is 10.9. The second-order valence-electron chi connectivity index (χ2n) is 4.98. The molecule has 0 bridgehead atoms. The molecule has 0 aromatic heterocycles. The number of aliphatic hydroxyl groups is 3. The van der Waals surface area contributed by atoms with E-state index >= 15 is 0 Å². The van der Waals surface area contributed by atoms with Crippen molar-refractivity contribution in [3.8, 4) is 0 Å². The van der Waals surface area contributed by atoms with Crippen LogP contribution in [0.25, 0.3) is 0 Å². The molecule has 2 unspecified atom stereocenters. The van der Waals surface area contributed by atoms with Crippen LogP contribution in [0, 0.1) is 0 Å². The van der Waals surface area contributed by atoms with Crippen LogP contribution in [0.5, 0.6) is 0 Å². The molecular weight excluding hydrogens is 244 g/mol. The van der Waals surface area contributed by atoms with Gasteiger partial charge < -0.3 is 29.9 Å². The van der Waals surface area contributed by atoms with Gasteiger partial charge in [-0.3, -0.25) is 0 Å². The average molecular weight is 266 g/mol. The van der Waals surface area contributed by atoms with E-state index < -0.39 is 42.8 Å². The average Bonchev–Trinajstić information content (AvgIpc) is 2.20. The van der Waals surface area contributed by atoms with Crippen molar-refractivity contribution in [2.45, 2.75) is 57.9 Å². The van der Waals surface area contributed by atoms with Crippen LogP contribution in [0.4, 0.5) is 0 Å². The summed E-state index contributed by atoms with van der Waals surface area (Å²) in [7, 11) is 0. The van der Waals surface area contributed by atoms with E-state index in [4.69, 9.17) is 19.7 Å². The molecule has 4 atom stereocenters. The Morgan fingerprint density at radius 3 is 2.06 bits per heavy atom. The lowest BCUT2D eigenvalue weighted by Gasteiger charge is -2.32. The molecule has 0 amide bonds. The van der Waals surface area contributed by atoms with Gasteiger partial charge in [0.05, 0.1) is 18.3 Å². The van der Waals surface area contributed by atoms with Crippen LogP contribution >= 0.6 is 0 Å². The summed E-state index contributed by atoms with van der Waals surface area (Å²) in [6.07, 6.45) is -5.56. The minimum Gasteiger partial charge on any atom is -0.479 e. The molecule has 0 aliphatic rings. The minimum atomic E-state index is -1.54. The highest BCUT2D eigenvalue weighted by molar-refractivity contribution is 5.73. The number of ether oxygens (including phenoxy) is 2. The van der Waals surface area contributed by atoms with Gasteiger partial charge in [0, 0.05) is 0 Å². The molecule has 0 aromatic carbocycles. The lowest BCUT2D eigenvalue weighted by atomic mass is 10.2. The standard InChI is InChI=1S/C11H22O7/c1-6(13)8(9(15)16)17-10(7(14)5-12)18-11(2,3)4/h6-8,10,12-14H,5H2,1-4H3,(H,15,16)/t6-,7-,8?,10?/m0/s1. The normalized spacial score (nSPS) is 19.1. The Morgan fingerprint density at radius 1 is 1.28 bits per heavy atom. The largest absolute Gasteiger partial charge is 0.479 e. The van der Waals surface area contributed by atoms with Gasteiger partial charge >= 0.3 is 5.97 Å². The molecule has 0 aliphatic heterocycles. The third-order valence-corrected chi connectivity index (χ3v) is 1.93. The SMILES string of the molecule is C[C@H](O)C(OC(OC(C)(C)C)[C@@H](O)CO)C(=O)O. The Morgan fingerprint density at radius 2 is 1.78 bits per heavy atom. The summed E-state index contributed by atoms with van der Waals surface area (Å²) in [6.45, 7) is 5.66. The molecule has 0 saturated carbocycles. The summed E-state index contributed by atoms with van der Waals surface area (Å²) < 4.78 is 10.3. The molecule has 7 nitrogen and oxygen atoms in total. The van der Waals surface area contributed by atoms with Gasteiger partial charge in [-0.1, -0.05) is 0 Å².